The molecule has 18 heteroatoms. The number of carboxylic acids is 2. The van der Waals surface area contributed by atoms with E-state index < -0.39 is 34.4 Å². The van der Waals surface area contributed by atoms with Gasteiger partial charge in [-0.05, 0) is 49.7 Å². The monoisotopic (exact) mass is 658 g/mol. The number of hydrogen-bond donors (Lipinski definition) is 3. The van der Waals surface area contributed by atoms with E-state index in [0.717, 1.165) is 36.1 Å². The van der Waals surface area contributed by atoms with Crippen molar-refractivity contribution >= 4 is 33.0 Å². The van der Waals surface area contributed by atoms with Gasteiger partial charge in [-0.25, -0.2) is 9.59 Å². The number of halogens is 6. The molecule has 0 unspecified atom stereocenters. The Morgan fingerprint density at radius 3 is 2.14 bits per heavy atom. The minimum atomic E-state index is -5.08. The standard InChI is InChI=1S/C22H26N2O5S.2C2HF3O2/c1-15-4-5-20(27-3)21(10-15)29-30(25,26)19-11-17-6-9-28-22(17)18(12-19)14-24-8-7-23-16(2)13-24;2*3-2(4,5)1(6)7/h4-6,9-12,16,23H,7-8,13-14H2,1-3H3;2*(H,6,7)/t16-;;/m1../s1. The summed E-state index contributed by atoms with van der Waals surface area (Å²) in [7, 11) is -2.58. The molecule has 2 heterocycles. The van der Waals surface area contributed by atoms with Crippen LogP contribution < -0.4 is 14.2 Å². The molecule has 3 aromatic rings. The number of hydrogen-bond acceptors (Lipinski definition) is 9. The Morgan fingerprint density at radius 2 is 1.61 bits per heavy atom. The summed E-state index contributed by atoms with van der Waals surface area (Å²) in [5.41, 5.74) is 2.40. The molecular formula is C26H28F6N2O9S. The Balaban J connectivity index is 0.000000402. The molecule has 1 saturated heterocycles. The van der Waals surface area contributed by atoms with Gasteiger partial charge in [0.25, 0.3) is 0 Å². The Labute approximate surface area is 247 Å². The van der Waals surface area contributed by atoms with Crippen molar-refractivity contribution in [2.75, 3.05) is 26.7 Å². The van der Waals surface area contributed by atoms with Gasteiger partial charge in [0.1, 0.15) is 10.5 Å². The maximum absolute atomic E-state index is 13.1. The third kappa shape index (κ3) is 10.6. The van der Waals surface area contributed by atoms with E-state index in [9.17, 15) is 34.8 Å². The van der Waals surface area contributed by atoms with E-state index in [4.69, 9.17) is 33.1 Å². The molecule has 0 bridgehead atoms. The summed E-state index contributed by atoms with van der Waals surface area (Å²) in [5, 5.41) is 18.4. The molecule has 44 heavy (non-hydrogen) atoms. The fraction of sp³-hybridized carbons (Fsp3) is 0.385. The van der Waals surface area contributed by atoms with Crippen LogP contribution in [0.1, 0.15) is 18.1 Å². The highest BCUT2D eigenvalue weighted by Crippen LogP contribution is 2.32. The summed E-state index contributed by atoms with van der Waals surface area (Å²) in [6, 6.07) is 10.6. The summed E-state index contributed by atoms with van der Waals surface area (Å²) in [6.07, 6.45) is -8.59. The maximum atomic E-state index is 13.1. The summed E-state index contributed by atoms with van der Waals surface area (Å²) in [5.74, 6) is -4.98. The number of carboxylic acid groups (broad SMARTS) is 2. The van der Waals surface area contributed by atoms with Crippen molar-refractivity contribution in [1.29, 1.82) is 0 Å². The highest BCUT2D eigenvalue weighted by molar-refractivity contribution is 7.87. The van der Waals surface area contributed by atoms with Gasteiger partial charge in [-0.2, -0.15) is 34.8 Å². The first-order chi connectivity index (χ1) is 20.2. The SMILES string of the molecule is COc1ccc(C)cc1OS(=O)(=O)c1cc(CN2CCN[C@H](C)C2)c2occc2c1.O=C(O)C(F)(F)F.O=C(O)C(F)(F)F. The molecule has 1 atom stereocenters. The first-order valence-corrected chi connectivity index (χ1v) is 13.8. The molecule has 244 valence electrons. The molecule has 1 fully saturated rings. The highest BCUT2D eigenvalue weighted by atomic mass is 32.2. The summed E-state index contributed by atoms with van der Waals surface area (Å²) < 4.78 is 106. The Morgan fingerprint density at radius 1 is 1.02 bits per heavy atom. The second-order valence-electron chi connectivity index (χ2n) is 9.31. The van der Waals surface area contributed by atoms with Crippen molar-refractivity contribution in [1.82, 2.24) is 10.2 Å². The second-order valence-corrected chi connectivity index (χ2v) is 10.9. The number of aryl methyl sites for hydroxylation is 1. The molecule has 0 saturated carbocycles. The third-order valence-corrected chi connectivity index (χ3v) is 6.95. The largest absolute Gasteiger partial charge is 0.493 e. The van der Waals surface area contributed by atoms with Gasteiger partial charge in [0, 0.05) is 43.2 Å². The topological polar surface area (TPSA) is 156 Å². The number of piperazine rings is 1. The number of alkyl halides is 6. The predicted molar refractivity (Wildman–Crippen MR) is 142 cm³/mol. The van der Waals surface area contributed by atoms with E-state index in [1.54, 1.807) is 36.6 Å². The maximum Gasteiger partial charge on any atom is 0.490 e. The average Bonchev–Trinajstić information content (AvgIpc) is 3.38. The molecule has 0 spiro atoms. The van der Waals surface area contributed by atoms with Gasteiger partial charge in [0.2, 0.25) is 0 Å². The number of furan rings is 1. The van der Waals surface area contributed by atoms with E-state index in [2.05, 4.69) is 17.1 Å². The first kappa shape index (κ1) is 36.2. The van der Waals surface area contributed by atoms with Crippen LogP contribution in [0.5, 0.6) is 11.5 Å². The van der Waals surface area contributed by atoms with Crippen LogP contribution in [0.3, 0.4) is 0 Å². The van der Waals surface area contributed by atoms with Crippen LogP contribution >= 0.6 is 0 Å². The molecule has 0 aliphatic carbocycles. The van der Waals surface area contributed by atoms with Crippen molar-refractivity contribution in [3.63, 3.8) is 0 Å². The molecule has 1 aromatic heterocycles. The lowest BCUT2D eigenvalue weighted by Gasteiger charge is -2.31. The fourth-order valence-electron chi connectivity index (χ4n) is 3.80. The van der Waals surface area contributed by atoms with Gasteiger partial charge >= 0.3 is 34.4 Å². The number of methoxy groups -OCH3 is 1. The predicted octanol–water partition coefficient (Wildman–Crippen LogP) is 4.58. The average molecular weight is 659 g/mol. The van der Waals surface area contributed by atoms with Crippen LogP contribution in [0.2, 0.25) is 0 Å². The zero-order chi connectivity index (χ0) is 33.5. The number of nitrogens with one attached hydrogen (secondary N) is 1. The quantitative estimate of drug-likeness (QED) is 0.252. The number of ether oxygens (including phenoxy) is 1. The molecule has 4 rings (SSSR count). The Hall–Kier alpha value is -4.03. The van der Waals surface area contributed by atoms with Crippen LogP contribution in [0.25, 0.3) is 11.0 Å². The number of benzene rings is 2. The van der Waals surface area contributed by atoms with Gasteiger partial charge in [0.05, 0.1) is 13.4 Å². The number of fused-ring (bicyclic) bond motifs is 1. The van der Waals surface area contributed by atoms with Crippen molar-refractivity contribution in [3.8, 4) is 11.5 Å². The lowest BCUT2D eigenvalue weighted by molar-refractivity contribution is -0.193. The van der Waals surface area contributed by atoms with Crippen molar-refractivity contribution < 1.29 is 67.9 Å². The molecular weight excluding hydrogens is 630 g/mol. The van der Waals surface area contributed by atoms with Crippen molar-refractivity contribution in [3.05, 3.63) is 53.8 Å². The minimum absolute atomic E-state index is 0.0955. The lowest BCUT2D eigenvalue weighted by atomic mass is 10.1. The van der Waals surface area contributed by atoms with Crippen molar-refractivity contribution in [2.24, 2.45) is 0 Å². The van der Waals surface area contributed by atoms with Crippen LogP contribution in [0.15, 0.2) is 52.0 Å². The second kappa shape index (κ2) is 14.6. The van der Waals surface area contributed by atoms with Gasteiger partial charge in [0.15, 0.2) is 11.5 Å². The molecule has 0 radical (unpaired) electrons. The molecule has 11 nitrogen and oxygen atoms in total. The minimum Gasteiger partial charge on any atom is -0.493 e. The zero-order valence-electron chi connectivity index (χ0n) is 23.3. The summed E-state index contributed by atoms with van der Waals surface area (Å²) in [6.45, 7) is 7.28. The summed E-state index contributed by atoms with van der Waals surface area (Å²) in [4.78, 5) is 20.2. The fourth-order valence-corrected chi connectivity index (χ4v) is 4.82. The molecule has 3 N–H and O–H groups in total. The zero-order valence-corrected chi connectivity index (χ0v) is 24.1. The number of carbonyl (C=O) groups is 2. The van der Waals surface area contributed by atoms with E-state index in [0.29, 0.717) is 23.9 Å². The normalized spacial score (nSPS) is 15.8. The number of rotatable bonds is 6. The lowest BCUT2D eigenvalue weighted by Crippen LogP contribution is -2.48. The Kier molecular flexibility index (Phi) is 12.0. The molecule has 0 amide bonds. The van der Waals surface area contributed by atoms with Crippen molar-refractivity contribution in [2.45, 2.75) is 43.7 Å². The number of nitrogens with zero attached hydrogens (tertiary/aromatic N) is 1. The first-order valence-electron chi connectivity index (χ1n) is 12.4. The van der Waals surface area contributed by atoms with Crippen LogP contribution in [-0.2, 0) is 26.3 Å². The van der Waals surface area contributed by atoms with Crippen LogP contribution in [-0.4, -0.2) is 80.6 Å². The van der Waals surface area contributed by atoms with Crippen LogP contribution in [0.4, 0.5) is 26.3 Å². The molecule has 1 aliphatic heterocycles. The smallest absolute Gasteiger partial charge is 0.490 e. The van der Waals surface area contributed by atoms with E-state index >= 15 is 0 Å². The summed E-state index contributed by atoms with van der Waals surface area (Å²) >= 11 is 0. The van der Waals surface area contributed by atoms with E-state index in [1.807, 2.05) is 13.0 Å². The highest BCUT2D eigenvalue weighted by Gasteiger charge is 2.39. The van der Waals surface area contributed by atoms with E-state index in [1.165, 1.54) is 7.11 Å². The third-order valence-electron chi connectivity index (χ3n) is 5.74. The van der Waals surface area contributed by atoms with Gasteiger partial charge in [-0.15, -0.1) is 0 Å². The van der Waals surface area contributed by atoms with Gasteiger partial charge in [-0.3, -0.25) is 4.90 Å². The number of aliphatic carboxylic acids is 2. The van der Waals surface area contributed by atoms with Gasteiger partial charge in [-0.1, -0.05) is 6.07 Å². The van der Waals surface area contributed by atoms with E-state index in [-0.39, 0.29) is 10.6 Å². The Bertz CT molecular complexity index is 1530. The molecule has 2 aromatic carbocycles. The van der Waals surface area contributed by atoms with Crippen LogP contribution in [0, 0.1) is 6.92 Å². The molecule has 1 aliphatic rings. The van der Waals surface area contributed by atoms with Gasteiger partial charge < -0.3 is 28.9 Å².